The third-order valence-electron chi connectivity index (χ3n) is 4.59. The van der Waals surface area contributed by atoms with Crippen molar-refractivity contribution in [2.45, 2.75) is 44.8 Å². The number of thiocarbonyl (C=S) groups is 1. The smallest absolute Gasteiger partial charge is 0.269 e. The SMILES string of the molecule is O=C(NNC(=S)NC1CCCCC1)c1ccc(OCc2ccccc2)cc1. The number of hydrogen-bond donors (Lipinski definition) is 3. The van der Waals surface area contributed by atoms with E-state index in [2.05, 4.69) is 16.2 Å². The van der Waals surface area contributed by atoms with Gasteiger partial charge in [-0.1, -0.05) is 49.6 Å². The van der Waals surface area contributed by atoms with Crippen molar-refractivity contribution in [1.82, 2.24) is 16.2 Å². The standard InChI is InChI=1S/C21H25N3O2S/c25-20(23-24-21(27)22-18-9-5-2-6-10-18)17-11-13-19(14-12-17)26-15-16-7-3-1-4-8-16/h1,3-4,7-8,11-14,18H,2,5-6,9-10,15H2,(H,23,25)(H2,22,24,27). The monoisotopic (exact) mass is 383 g/mol. The van der Waals surface area contributed by atoms with Crippen LogP contribution in [0, 0.1) is 0 Å². The van der Waals surface area contributed by atoms with Gasteiger partial charge in [0.2, 0.25) is 0 Å². The number of carbonyl (C=O) groups is 1. The highest BCUT2D eigenvalue weighted by molar-refractivity contribution is 7.80. The average molecular weight is 384 g/mol. The van der Waals surface area contributed by atoms with Gasteiger partial charge in [-0.05, 0) is 54.9 Å². The zero-order valence-electron chi connectivity index (χ0n) is 15.2. The maximum atomic E-state index is 12.2. The zero-order chi connectivity index (χ0) is 18.9. The molecule has 0 saturated heterocycles. The molecular formula is C21H25N3O2S. The van der Waals surface area contributed by atoms with E-state index in [-0.39, 0.29) is 5.91 Å². The molecular weight excluding hydrogens is 358 g/mol. The topological polar surface area (TPSA) is 62.4 Å². The van der Waals surface area contributed by atoms with E-state index >= 15 is 0 Å². The van der Waals surface area contributed by atoms with Crippen LogP contribution in [0.1, 0.15) is 48.0 Å². The number of benzene rings is 2. The highest BCUT2D eigenvalue weighted by Gasteiger charge is 2.14. The molecule has 1 amide bonds. The van der Waals surface area contributed by atoms with Crippen molar-refractivity contribution in [2.24, 2.45) is 0 Å². The van der Waals surface area contributed by atoms with E-state index in [0.29, 0.717) is 23.3 Å². The summed E-state index contributed by atoms with van der Waals surface area (Å²) >= 11 is 5.25. The van der Waals surface area contributed by atoms with E-state index in [1.54, 1.807) is 24.3 Å². The highest BCUT2D eigenvalue weighted by Crippen LogP contribution is 2.17. The van der Waals surface area contributed by atoms with E-state index < -0.39 is 0 Å². The third kappa shape index (κ3) is 6.25. The van der Waals surface area contributed by atoms with Crippen LogP contribution in [0.2, 0.25) is 0 Å². The molecule has 2 aromatic carbocycles. The van der Waals surface area contributed by atoms with Crippen LogP contribution >= 0.6 is 12.2 Å². The number of carbonyl (C=O) groups excluding carboxylic acids is 1. The number of ether oxygens (including phenoxy) is 1. The predicted molar refractivity (Wildman–Crippen MR) is 110 cm³/mol. The van der Waals surface area contributed by atoms with E-state index in [0.717, 1.165) is 24.2 Å². The van der Waals surface area contributed by atoms with Crippen LogP contribution in [0.5, 0.6) is 5.75 Å². The molecule has 0 unspecified atom stereocenters. The molecule has 3 N–H and O–H groups in total. The molecule has 1 aliphatic carbocycles. The Morgan fingerprint density at radius 3 is 2.37 bits per heavy atom. The van der Waals surface area contributed by atoms with E-state index in [4.69, 9.17) is 17.0 Å². The molecule has 1 fully saturated rings. The lowest BCUT2D eigenvalue weighted by Gasteiger charge is -2.24. The van der Waals surface area contributed by atoms with Crippen molar-refractivity contribution >= 4 is 23.2 Å². The number of rotatable bonds is 5. The van der Waals surface area contributed by atoms with Gasteiger partial charge < -0.3 is 10.1 Å². The fourth-order valence-corrected chi connectivity index (χ4v) is 3.32. The molecule has 5 nitrogen and oxygen atoms in total. The Kier molecular flexibility index (Phi) is 7.04. The van der Waals surface area contributed by atoms with Crippen LogP contribution in [0.25, 0.3) is 0 Å². The van der Waals surface area contributed by atoms with Gasteiger partial charge in [0.25, 0.3) is 5.91 Å². The molecule has 6 heteroatoms. The second-order valence-corrected chi connectivity index (χ2v) is 7.09. The summed E-state index contributed by atoms with van der Waals surface area (Å²) in [6.07, 6.45) is 6.00. The molecule has 0 radical (unpaired) electrons. The largest absolute Gasteiger partial charge is 0.489 e. The summed E-state index contributed by atoms with van der Waals surface area (Å²) in [5.74, 6) is 0.482. The van der Waals surface area contributed by atoms with Gasteiger partial charge in [0.15, 0.2) is 5.11 Å². The molecule has 0 aromatic heterocycles. The van der Waals surface area contributed by atoms with Crippen LogP contribution in [0.4, 0.5) is 0 Å². The molecule has 0 atom stereocenters. The van der Waals surface area contributed by atoms with Crippen LogP contribution in [0.15, 0.2) is 54.6 Å². The van der Waals surface area contributed by atoms with Gasteiger partial charge in [-0.3, -0.25) is 15.6 Å². The number of amides is 1. The minimum absolute atomic E-state index is 0.239. The van der Waals surface area contributed by atoms with E-state index in [1.165, 1.54) is 19.3 Å². The van der Waals surface area contributed by atoms with Crippen molar-refractivity contribution < 1.29 is 9.53 Å². The lowest BCUT2D eigenvalue weighted by Crippen LogP contribution is -2.50. The van der Waals surface area contributed by atoms with Gasteiger partial charge >= 0.3 is 0 Å². The maximum Gasteiger partial charge on any atom is 0.269 e. The van der Waals surface area contributed by atoms with Gasteiger partial charge in [0.05, 0.1) is 0 Å². The average Bonchev–Trinajstić information content (AvgIpc) is 2.72. The molecule has 0 bridgehead atoms. The fourth-order valence-electron chi connectivity index (χ4n) is 3.10. The molecule has 142 valence electrons. The first-order valence-electron chi connectivity index (χ1n) is 9.34. The van der Waals surface area contributed by atoms with Gasteiger partial charge in [-0.2, -0.15) is 0 Å². The van der Waals surface area contributed by atoms with Crippen LogP contribution in [-0.4, -0.2) is 17.1 Å². The van der Waals surface area contributed by atoms with E-state index in [1.807, 2.05) is 30.3 Å². The van der Waals surface area contributed by atoms with E-state index in [9.17, 15) is 4.79 Å². The number of hydrogen-bond acceptors (Lipinski definition) is 3. The Labute approximate surface area is 165 Å². The first-order valence-corrected chi connectivity index (χ1v) is 9.75. The molecule has 0 spiro atoms. The molecule has 0 heterocycles. The third-order valence-corrected chi connectivity index (χ3v) is 4.81. The number of nitrogens with one attached hydrogen (secondary N) is 3. The van der Waals surface area contributed by atoms with Crippen molar-refractivity contribution in [3.63, 3.8) is 0 Å². The Hall–Kier alpha value is -2.60. The summed E-state index contributed by atoms with van der Waals surface area (Å²) in [5.41, 5.74) is 7.05. The summed E-state index contributed by atoms with van der Waals surface area (Å²) in [4.78, 5) is 12.2. The maximum absolute atomic E-state index is 12.2. The van der Waals surface area contributed by atoms with Crippen molar-refractivity contribution in [3.05, 3.63) is 65.7 Å². The molecule has 27 heavy (non-hydrogen) atoms. The molecule has 2 aromatic rings. The highest BCUT2D eigenvalue weighted by atomic mass is 32.1. The van der Waals surface area contributed by atoms with Gasteiger partial charge in [0.1, 0.15) is 12.4 Å². The summed E-state index contributed by atoms with van der Waals surface area (Å²) in [7, 11) is 0. The summed E-state index contributed by atoms with van der Waals surface area (Å²) in [6.45, 7) is 0.495. The molecule has 1 saturated carbocycles. The Morgan fingerprint density at radius 2 is 1.67 bits per heavy atom. The van der Waals surface area contributed by atoms with Crippen molar-refractivity contribution in [1.29, 1.82) is 0 Å². The summed E-state index contributed by atoms with van der Waals surface area (Å²) < 4.78 is 5.73. The van der Waals surface area contributed by atoms with Crippen LogP contribution in [-0.2, 0) is 6.61 Å². The molecule has 1 aliphatic rings. The Morgan fingerprint density at radius 1 is 0.963 bits per heavy atom. The lowest BCUT2D eigenvalue weighted by molar-refractivity contribution is 0.0943. The summed E-state index contributed by atoms with van der Waals surface area (Å²) in [5, 5.41) is 3.71. The van der Waals surface area contributed by atoms with Gasteiger partial charge in [-0.15, -0.1) is 0 Å². The quantitative estimate of drug-likeness (QED) is 0.543. The molecule has 0 aliphatic heterocycles. The zero-order valence-corrected chi connectivity index (χ0v) is 16.1. The van der Waals surface area contributed by atoms with Crippen molar-refractivity contribution in [2.75, 3.05) is 0 Å². The van der Waals surface area contributed by atoms with Crippen LogP contribution in [0.3, 0.4) is 0 Å². The normalized spacial score (nSPS) is 14.2. The van der Waals surface area contributed by atoms with Crippen LogP contribution < -0.4 is 20.9 Å². The second kappa shape index (κ2) is 9.92. The number of hydrazine groups is 1. The predicted octanol–water partition coefficient (Wildman–Crippen LogP) is 3.71. The first-order chi connectivity index (χ1) is 13.2. The first kappa shape index (κ1) is 19.2. The Balaban J connectivity index is 1.42. The fraction of sp³-hybridized carbons (Fsp3) is 0.333. The minimum atomic E-state index is -0.239. The second-order valence-electron chi connectivity index (χ2n) is 6.69. The van der Waals surface area contributed by atoms with Gasteiger partial charge in [-0.25, -0.2) is 0 Å². The summed E-state index contributed by atoms with van der Waals surface area (Å²) in [6, 6.07) is 17.4. The van der Waals surface area contributed by atoms with Gasteiger partial charge in [0, 0.05) is 11.6 Å². The van der Waals surface area contributed by atoms with Crippen molar-refractivity contribution in [3.8, 4) is 5.75 Å². The molecule has 3 rings (SSSR count). The lowest BCUT2D eigenvalue weighted by atomic mass is 9.96. The minimum Gasteiger partial charge on any atom is -0.489 e. The Bertz CT molecular complexity index is 744.